The molecule has 0 fully saturated rings. The number of rotatable bonds is 5. The van der Waals surface area contributed by atoms with Crippen LogP contribution in [0.15, 0.2) is 28.8 Å². The van der Waals surface area contributed by atoms with Gasteiger partial charge < -0.3 is 14.2 Å². The smallest absolute Gasteiger partial charge is 0.259 e. The molecule has 24 heavy (non-hydrogen) atoms. The summed E-state index contributed by atoms with van der Waals surface area (Å²) in [5.41, 5.74) is 2.11. The Morgan fingerprint density at radius 1 is 1.29 bits per heavy atom. The lowest BCUT2D eigenvalue weighted by atomic mass is 9.88. The summed E-state index contributed by atoms with van der Waals surface area (Å²) >= 11 is 0. The van der Waals surface area contributed by atoms with E-state index in [1.807, 2.05) is 45.0 Å². The van der Waals surface area contributed by atoms with Crippen LogP contribution in [0.4, 0.5) is 0 Å². The summed E-state index contributed by atoms with van der Waals surface area (Å²) in [6, 6.07) is 7.86. The number of hydrogen-bond acceptors (Lipinski definition) is 4. The Labute approximate surface area is 143 Å². The lowest BCUT2D eigenvalue weighted by Gasteiger charge is -2.21. The second kappa shape index (κ2) is 7.07. The summed E-state index contributed by atoms with van der Waals surface area (Å²) in [6.45, 7) is 8.44. The maximum absolute atomic E-state index is 12.9. The van der Waals surface area contributed by atoms with Gasteiger partial charge in [0.15, 0.2) is 0 Å². The molecular formula is C19H26N2O3. The number of carbonyl (C=O) groups is 1. The van der Waals surface area contributed by atoms with Crippen molar-refractivity contribution in [3.8, 4) is 5.75 Å². The molecular weight excluding hydrogens is 304 g/mol. The van der Waals surface area contributed by atoms with Crippen molar-refractivity contribution in [2.75, 3.05) is 20.7 Å². The molecule has 5 heteroatoms. The second-order valence-electron chi connectivity index (χ2n) is 7.00. The van der Waals surface area contributed by atoms with Crippen LogP contribution in [-0.4, -0.2) is 36.7 Å². The Morgan fingerprint density at radius 3 is 2.58 bits per heavy atom. The van der Waals surface area contributed by atoms with E-state index in [0.29, 0.717) is 23.6 Å². The Morgan fingerprint density at radius 2 is 1.96 bits per heavy atom. The first-order valence-corrected chi connectivity index (χ1v) is 8.09. The minimum absolute atomic E-state index is 0.0615. The van der Waals surface area contributed by atoms with E-state index in [9.17, 15) is 4.79 Å². The number of benzene rings is 1. The molecule has 0 bridgehead atoms. The highest BCUT2D eigenvalue weighted by Gasteiger charge is 2.30. The third kappa shape index (κ3) is 3.78. The minimum atomic E-state index is -0.244. The molecule has 0 N–H and O–H groups in total. The third-order valence-corrected chi connectivity index (χ3v) is 4.04. The molecule has 1 aromatic carbocycles. The van der Waals surface area contributed by atoms with Crippen molar-refractivity contribution < 1.29 is 14.1 Å². The highest BCUT2D eigenvalue weighted by atomic mass is 16.5. The Kier molecular flexibility index (Phi) is 5.32. The number of nitrogens with zero attached hydrogens (tertiary/aromatic N) is 2. The highest BCUT2D eigenvalue weighted by Crippen LogP contribution is 2.28. The van der Waals surface area contributed by atoms with Crippen LogP contribution in [0.2, 0.25) is 0 Å². The van der Waals surface area contributed by atoms with Gasteiger partial charge in [-0.3, -0.25) is 4.79 Å². The normalized spacial score (nSPS) is 11.4. The quantitative estimate of drug-likeness (QED) is 0.840. The van der Waals surface area contributed by atoms with Gasteiger partial charge >= 0.3 is 0 Å². The number of ether oxygens (including phenoxy) is 1. The monoisotopic (exact) mass is 330 g/mol. The Bertz CT molecular complexity index is 714. The molecule has 0 aliphatic carbocycles. The van der Waals surface area contributed by atoms with Crippen molar-refractivity contribution in [1.29, 1.82) is 0 Å². The molecule has 2 rings (SSSR count). The summed E-state index contributed by atoms with van der Waals surface area (Å²) in [5, 5.41) is 4.09. The van der Waals surface area contributed by atoms with E-state index in [1.165, 1.54) is 0 Å². The van der Waals surface area contributed by atoms with Crippen LogP contribution in [0.5, 0.6) is 5.75 Å². The Hall–Kier alpha value is -2.30. The lowest BCUT2D eigenvalue weighted by molar-refractivity contribution is 0.0792. The first kappa shape index (κ1) is 18.0. The molecule has 1 heterocycles. The largest absolute Gasteiger partial charge is 0.496 e. The first-order chi connectivity index (χ1) is 11.3. The average molecular weight is 330 g/mol. The number of methoxy groups -OCH3 is 1. The molecule has 1 amide bonds. The zero-order valence-corrected chi connectivity index (χ0v) is 15.3. The van der Waals surface area contributed by atoms with Gasteiger partial charge in [0.05, 0.1) is 7.11 Å². The molecule has 0 aliphatic rings. The minimum Gasteiger partial charge on any atom is -0.496 e. The molecule has 0 saturated heterocycles. The van der Waals surface area contributed by atoms with E-state index in [2.05, 4.69) is 5.16 Å². The molecule has 0 spiro atoms. The number of aromatic nitrogens is 1. The molecule has 0 aliphatic heterocycles. The van der Waals surface area contributed by atoms with Crippen molar-refractivity contribution in [2.45, 2.75) is 39.5 Å². The van der Waals surface area contributed by atoms with Crippen LogP contribution in [0, 0.1) is 6.92 Å². The van der Waals surface area contributed by atoms with Crippen LogP contribution in [0.3, 0.4) is 0 Å². The first-order valence-electron chi connectivity index (χ1n) is 8.09. The molecule has 0 unspecified atom stereocenters. The standard InChI is InChI=1S/C19H26N2O3/c1-13-16(17(20-24-13)19(2,3)4)18(22)21(5)12-11-14-9-7-8-10-15(14)23-6/h7-10H,11-12H2,1-6H3. The maximum Gasteiger partial charge on any atom is 0.259 e. The fraction of sp³-hybridized carbons (Fsp3) is 0.474. The van der Waals surface area contributed by atoms with Gasteiger partial charge in [0.25, 0.3) is 5.91 Å². The fourth-order valence-corrected chi connectivity index (χ4v) is 2.63. The van der Waals surface area contributed by atoms with Gasteiger partial charge in [0, 0.05) is 19.0 Å². The molecule has 0 radical (unpaired) electrons. The zero-order valence-electron chi connectivity index (χ0n) is 15.3. The van der Waals surface area contributed by atoms with Crippen LogP contribution < -0.4 is 4.74 Å². The molecule has 5 nitrogen and oxygen atoms in total. The van der Waals surface area contributed by atoms with Gasteiger partial charge in [-0.1, -0.05) is 44.1 Å². The molecule has 0 saturated carbocycles. The van der Waals surface area contributed by atoms with Crippen LogP contribution in [0.1, 0.15) is 48.1 Å². The summed E-state index contributed by atoms with van der Waals surface area (Å²) in [6.07, 6.45) is 0.724. The van der Waals surface area contributed by atoms with E-state index in [4.69, 9.17) is 9.26 Å². The van der Waals surface area contributed by atoms with E-state index < -0.39 is 0 Å². The molecule has 130 valence electrons. The van der Waals surface area contributed by atoms with E-state index in [1.54, 1.807) is 26.0 Å². The van der Waals surface area contributed by atoms with Gasteiger partial charge in [-0.05, 0) is 25.0 Å². The number of para-hydroxylation sites is 1. The fourth-order valence-electron chi connectivity index (χ4n) is 2.63. The zero-order chi connectivity index (χ0) is 17.9. The van der Waals surface area contributed by atoms with Crippen molar-refractivity contribution in [3.05, 3.63) is 46.8 Å². The molecule has 0 atom stereocenters. The van der Waals surface area contributed by atoms with Gasteiger partial charge in [0.2, 0.25) is 0 Å². The molecule has 2 aromatic rings. The predicted molar refractivity (Wildman–Crippen MR) is 93.6 cm³/mol. The van der Waals surface area contributed by atoms with E-state index in [0.717, 1.165) is 17.7 Å². The van der Waals surface area contributed by atoms with Gasteiger partial charge in [-0.25, -0.2) is 0 Å². The van der Waals surface area contributed by atoms with Crippen LogP contribution >= 0.6 is 0 Å². The predicted octanol–water partition coefficient (Wildman–Crippen LogP) is 3.60. The van der Waals surface area contributed by atoms with Crippen molar-refractivity contribution in [1.82, 2.24) is 10.1 Å². The van der Waals surface area contributed by atoms with Crippen LogP contribution in [-0.2, 0) is 11.8 Å². The van der Waals surface area contributed by atoms with Gasteiger partial charge in [0.1, 0.15) is 22.8 Å². The number of aryl methyl sites for hydroxylation is 1. The summed E-state index contributed by atoms with van der Waals surface area (Å²) < 4.78 is 10.6. The summed E-state index contributed by atoms with van der Waals surface area (Å²) in [7, 11) is 3.46. The van der Waals surface area contributed by atoms with Gasteiger partial charge in [-0.15, -0.1) is 0 Å². The van der Waals surface area contributed by atoms with Crippen molar-refractivity contribution >= 4 is 5.91 Å². The average Bonchev–Trinajstić information content (AvgIpc) is 2.93. The number of hydrogen-bond donors (Lipinski definition) is 0. The van der Waals surface area contributed by atoms with Crippen LogP contribution in [0.25, 0.3) is 0 Å². The number of likely N-dealkylation sites (N-methyl/N-ethyl adjacent to an activating group) is 1. The lowest BCUT2D eigenvalue weighted by Crippen LogP contribution is -2.31. The highest BCUT2D eigenvalue weighted by molar-refractivity contribution is 5.96. The third-order valence-electron chi connectivity index (χ3n) is 4.04. The SMILES string of the molecule is COc1ccccc1CCN(C)C(=O)c1c(C(C)(C)C)noc1C. The Balaban J connectivity index is 2.15. The summed E-state index contributed by atoms with van der Waals surface area (Å²) in [5.74, 6) is 1.34. The number of carbonyl (C=O) groups excluding carboxylic acids is 1. The second-order valence-corrected chi connectivity index (χ2v) is 7.00. The van der Waals surface area contributed by atoms with E-state index in [-0.39, 0.29) is 11.3 Å². The maximum atomic E-state index is 12.9. The molecule has 1 aromatic heterocycles. The van der Waals surface area contributed by atoms with Crippen molar-refractivity contribution in [2.24, 2.45) is 0 Å². The van der Waals surface area contributed by atoms with E-state index >= 15 is 0 Å². The van der Waals surface area contributed by atoms with Crippen molar-refractivity contribution in [3.63, 3.8) is 0 Å². The number of amides is 1. The topological polar surface area (TPSA) is 55.6 Å². The van der Waals surface area contributed by atoms with Gasteiger partial charge in [-0.2, -0.15) is 0 Å². The summed E-state index contributed by atoms with van der Waals surface area (Å²) in [4.78, 5) is 14.6.